The summed E-state index contributed by atoms with van der Waals surface area (Å²) in [5, 5.41) is 8.62. The molecule has 1 amide bonds. The molecule has 6 nitrogen and oxygen atoms in total. The number of ketones is 1. The molecule has 0 aromatic rings. The van der Waals surface area contributed by atoms with Gasteiger partial charge in [0.25, 0.3) is 0 Å². The first-order chi connectivity index (χ1) is 7.54. The van der Waals surface area contributed by atoms with Gasteiger partial charge in [-0.1, -0.05) is 0 Å². The van der Waals surface area contributed by atoms with E-state index in [1.165, 1.54) is 4.90 Å². The zero-order valence-corrected chi connectivity index (χ0v) is 9.14. The average Bonchev–Trinajstić information content (AvgIpc) is 2.21. The normalized spacial score (nSPS) is 20.7. The second-order valence-electron chi connectivity index (χ2n) is 3.66. The number of carbonyl (C=O) groups excluding carboxylic acids is 2. The predicted molar refractivity (Wildman–Crippen MR) is 54.0 cm³/mol. The number of hydrogen-bond donors (Lipinski definition) is 1. The smallest absolute Gasteiger partial charge is 0.409 e. The molecule has 16 heavy (non-hydrogen) atoms. The van der Waals surface area contributed by atoms with E-state index >= 15 is 0 Å². The van der Waals surface area contributed by atoms with E-state index in [4.69, 9.17) is 9.84 Å². The zero-order chi connectivity index (χ0) is 12.1. The lowest BCUT2D eigenvalue weighted by atomic mass is 9.94. The van der Waals surface area contributed by atoms with Crippen molar-refractivity contribution >= 4 is 17.8 Å². The van der Waals surface area contributed by atoms with Crippen molar-refractivity contribution in [1.82, 2.24) is 4.90 Å². The molecule has 0 radical (unpaired) electrons. The fourth-order valence-electron chi connectivity index (χ4n) is 1.68. The maximum Gasteiger partial charge on any atom is 0.409 e. The minimum absolute atomic E-state index is 0.0945. The van der Waals surface area contributed by atoms with E-state index < -0.39 is 18.0 Å². The van der Waals surface area contributed by atoms with Crippen molar-refractivity contribution in [3.05, 3.63) is 0 Å². The molecule has 1 saturated heterocycles. The van der Waals surface area contributed by atoms with Crippen LogP contribution in [0.3, 0.4) is 0 Å². The van der Waals surface area contributed by atoms with Gasteiger partial charge in [-0.05, 0) is 6.92 Å². The van der Waals surface area contributed by atoms with Gasteiger partial charge in [0.1, 0.15) is 5.78 Å². The quantitative estimate of drug-likeness (QED) is 0.762. The van der Waals surface area contributed by atoms with Crippen molar-refractivity contribution in [3.63, 3.8) is 0 Å². The van der Waals surface area contributed by atoms with E-state index in [0.717, 1.165) is 0 Å². The highest BCUT2D eigenvalue weighted by Gasteiger charge is 2.31. The molecule has 1 aliphatic rings. The molecule has 1 heterocycles. The molecular weight excluding hydrogens is 214 g/mol. The lowest BCUT2D eigenvalue weighted by Gasteiger charge is -2.30. The minimum atomic E-state index is -1.02. The van der Waals surface area contributed by atoms with Gasteiger partial charge in [0.2, 0.25) is 0 Å². The molecule has 0 bridgehead atoms. The summed E-state index contributed by atoms with van der Waals surface area (Å²) in [5.41, 5.74) is 0. The zero-order valence-electron chi connectivity index (χ0n) is 9.14. The van der Waals surface area contributed by atoms with Crippen molar-refractivity contribution in [2.75, 3.05) is 19.7 Å². The van der Waals surface area contributed by atoms with Crippen molar-refractivity contribution in [3.8, 4) is 0 Å². The van der Waals surface area contributed by atoms with Crippen LogP contribution < -0.4 is 0 Å². The highest BCUT2D eigenvalue weighted by Crippen LogP contribution is 2.17. The molecule has 0 saturated carbocycles. The minimum Gasteiger partial charge on any atom is -0.481 e. The highest BCUT2D eigenvalue weighted by atomic mass is 16.6. The number of carboxylic acid groups (broad SMARTS) is 1. The maximum absolute atomic E-state index is 11.4. The number of carboxylic acids is 1. The maximum atomic E-state index is 11.4. The molecular formula is C10H15NO5. The van der Waals surface area contributed by atoms with Gasteiger partial charge < -0.3 is 14.7 Å². The number of Topliss-reactive ketones (excluding diaryl/α,β-unsaturated/α-hetero) is 1. The fraction of sp³-hybridized carbons (Fsp3) is 0.700. The third kappa shape index (κ3) is 3.22. The lowest BCUT2D eigenvalue weighted by molar-refractivity contribution is -0.141. The third-order valence-corrected chi connectivity index (χ3v) is 2.47. The third-order valence-electron chi connectivity index (χ3n) is 2.47. The fourth-order valence-corrected chi connectivity index (χ4v) is 1.68. The topological polar surface area (TPSA) is 83.9 Å². The van der Waals surface area contributed by atoms with Crippen molar-refractivity contribution in [2.24, 2.45) is 5.92 Å². The largest absolute Gasteiger partial charge is 0.481 e. The molecule has 0 aromatic carbocycles. The summed E-state index contributed by atoms with van der Waals surface area (Å²) in [6.45, 7) is 2.42. The van der Waals surface area contributed by atoms with E-state index in [1.54, 1.807) is 6.92 Å². The number of likely N-dealkylation sites (tertiary alicyclic amines) is 1. The number of nitrogens with zero attached hydrogens (tertiary/aromatic N) is 1. The Morgan fingerprint density at radius 2 is 2.25 bits per heavy atom. The first-order valence-electron chi connectivity index (χ1n) is 5.20. The van der Waals surface area contributed by atoms with Crippen molar-refractivity contribution < 1.29 is 24.2 Å². The Morgan fingerprint density at radius 3 is 2.81 bits per heavy atom. The van der Waals surface area contributed by atoms with E-state index in [1.807, 2.05) is 0 Å². The molecule has 1 rings (SSSR count). The lowest BCUT2D eigenvalue weighted by Crippen LogP contribution is -2.45. The summed E-state index contributed by atoms with van der Waals surface area (Å²) in [7, 11) is 0. The van der Waals surface area contributed by atoms with Gasteiger partial charge >= 0.3 is 12.1 Å². The van der Waals surface area contributed by atoms with Gasteiger partial charge in [-0.3, -0.25) is 9.59 Å². The monoisotopic (exact) mass is 229 g/mol. The molecule has 1 aliphatic heterocycles. The van der Waals surface area contributed by atoms with E-state index in [0.29, 0.717) is 6.54 Å². The van der Waals surface area contributed by atoms with E-state index in [9.17, 15) is 14.4 Å². The first kappa shape index (κ1) is 12.5. The number of rotatable bonds is 3. The molecule has 90 valence electrons. The summed E-state index contributed by atoms with van der Waals surface area (Å²) in [5.74, 6) is -1.72. The molecule has 1 N–H and O–H groups in total. The van der Waals surface area contributed by atoms with Crippen molar-refractivity contribution in [1.29, 1.82) is 0 Å². The second-order valence-corrected chi connectivity index (χ2v) is 3.66. The summed E-state index contributed by atoms with van der Waals surface area (Å²) < 4.78 is 4.80. The summed E-state index contributed by atoms with van der Waals surface area (Å²) in [6.07, 6.45) is -0.503. The summed E-state index contributed by atoms with van der Waals surface area (Å²) in [4.78, 5) is 34.7. The molecule has 0 aliphatic carbocycles. The van der Waals surface area contributed by atoms with E-state index in [-0.39, 0.29) is 31.8 Å². The molecule has 0 aromatic heterocycles. The van der Waals surface area contributed by atoms with Crippen LogP contribution in [0.2, 0.25) is 0 Å². The molecule has 1 fully saturated rings. The number of hydrogen-bond acceptors (Lipinski definition) is 4. The molecule has 6 heteroatoms. The molecule has 1 atom stereocenters. The van der Waals surface area contributed by atoms with Gasteiger partial charge in [0.15, 0.2) is 0 Å². The Kier molecular flexibility index (Phi) is 4.28. The van der Waals surface area contributed by atoms with Crippen LogP contribution in [0.5, 0.6) is 0 Å². The number of carbonyl (C=O) groups is 3. The van der Waals surface area contributed by atoms with Gasteiger partial charge in [0.05, 0.1) is 13.0 Å². The van der Waals surface area contributed by atoms with Crippen LogP contribution in [0, 0.1) is 5.92 Å². The van der Waals surface area contributed by atoms with Gasteiger partial charge in [-0.25, -0.2) is 4.79 Å². The Bertz CT molecular complexity index is 302. The van der Waals surface area contributed by atoms with Crippen LogP contribution in [-0.4, -0.2) is 47.5 Å². The Labute approximate surface area is 93.2 Å². The van der Waals surface area contributed by atoms with E-state index in [2.05, 4.69) is 0 Å². The Balaban J connectivity index is 2.56. The van der Waals surface area contributed by atoms with Crippen LogP contribution in [0.15, 0.2) is 0 Å². The average molecular weight is 229 g/mol. The Hall–Kier alpha value is -1.59. The van der Waals surface area contributed by atoms with Crippen LogP contribution in [0.4, 0.5) is 4.79 Å². The predicted octanol–water partition coefficient (Wildman–Crippen LogP) is 0.509. The molecule has 1 unspecified atom stereocenters. The summed E-state index contributed by atoms with van der Waals surface area (Å²) >= 11 is 0. The van der Waals surface area contributed by atoms with Crippen molar-refractivity contribution in [2.45, 2.75) is 19.8 Å². The number of amides is 1. The highest BCUT2D eigenvalue weighted by molar-refractivity contribution is 5.87. The standard InChI is InChI=1S/C10H15NO5/c1-2-16-10(15)11-4-3-8(12)7(6-11)5-9(13)14/h7H,2-6H2,1H3,(H,13,14). The van der Waals surface area contributed by atoms with Gasteiger partial charge in [-0.15, -0.1) is 0 Å². The SMILES string of the molecule is CCOC(=O)N1CCC(=O)C(CC(=O)O)C1. The van der Waals surface area contributed by atoms with Crippen LogP contribution in [0.25, 0.3) is 0 Å². The Morgan fingerprint density at radius 1 is 1.56 bits per heavy atom. The van der Waals surface area contributed by atoms with Gasteiger partial charge in [0, 0.05) is 25.4 Å². The number of aliphatic carboxylic acids is 1. The second kappa shape index (κ2) is 5.48. The van der Waals surface area contributed by atoms with Gasteiger partial charge in [-0.2, -0.15) is 0 Å². The first-order valence-corrected chi connectivity index (χ1v) is 5.20. The van der Waals surface area contributed by atoms with Crippen LogP contribution in [-0.2, 0) is 14.3 Å². The van der Waals surface area contributed by atoms with Crippen LogP contribution >= 0.6 is 0 Å². The van der Waals surface area contributed by atoms with Crippen LogP contribution in [0.1, 0.15) is 19.8 Å². The number of piperidine rings is 1. The molecule has 0 spiro atoms. The number of ether oxygens (including phenoxy) is 1. The summed E-state index contributed by atoms with van der Waals surface area (Å²) in [6, 6.07) is 0.